The van der Waals surface area contributed by atoms with E-state index in [2.05, 4.69) is 52.8 Å². The van der Waals surface area contributed by atoms with Gasteiger partial charge in [0.15, 0.2) is 22.5 Å². The number of hydrogen-bond acceptors (Lipinski definition) is 11. The van der Waals surface area contributed by atoms with Crippen molar-refractivity contribution in [3.8, 4) is 11.6 Å². The van der Waals surface area contributed by atoms with Crippen LogP contribution in [0.2, 0.25) is 10.3 Å². The fraction of sp³-hybridized carbons (Fsp3) is 0.522. The molecule has 0 saturated carbocycles. The molecule has 3 aromatic heterocycles. The number of piperazine rings is 1. The zero-order valence-electron chi connectivity index (χ0n) is 20.1. The average molecular weight is 533 g/mol. The van der Waals surface area contributed by atoms with Crippen LogP contribution >= 0.6 is 23.2 Å². The van der Waals surface area contributed by atoms with Gasteiger partial charge >= 0.3 is 6.01 Å². The van der Waals surface area contributed by atoms with Crippen molar-refractivity contribution in [1.82, 2.24) is 34.9 Å². The first kappa shape index (κ1) is 24.9. The molecule has 0 radical (unpaired) electrons. The Kier molecular flexibility index (Phi) is 7.42. The second-order valence-electron chi connectivity index (χ2n) is 9.26. The van der Waals surface area contributed by atoms with Crippen molar-refractivity contribution in [1.29, 1.82) is 0 Å². The molecule has 2 fully saturated rings. The molecule has 0 bridgehead atoms. The molecule has 3 aromatic rings. The number of pyridine rings is 1. The minimum atomic E-state index is -0.0684. The summed E-state index contributed by atoms with van der Waals surface area (Å²) in [6, 6.07) is 4.80. The van der Waals surface area contributed by atoms with Crippen molar-refractivity contribution >= 4 is 40.9 Å². The summed E-state index contributed by atoms with van der Waals surface area (Å²) in [5.74, 6) is 0.854. The number of aromatic nitrogens is 5. The molecule has 36 heavy (non-hydrogen) atoms. The molecular weight excluding hydrogens is 503 g/mol. The Balaban J connectivity index is 1.21. The lowest BCUT2D eigenvalue weighted by molar-refractivity contribution is 0.0610. The van der Waals surface area contributed by atoms with Gasteiger partial charge in [-0.2, -0.15) is 0 Å². The zero-order valence-corrected chi connectivity index (χ0v) is 21.7. The quantitative estimate of drug-likeness (QED) is 0.452. The number of nitrogen functional groups attached to an aromatic ring is 2. The monoisotopic (exact) mass is 532 g/mol. The fourth-order valence-corrected chi connectivity index (χ4v) is 5.54. The number of nitrogens with zero attached hydrogens (tertiary/aromatic N) is 8. The third-order valence-corrected chi connectivity index (χ3v) is 7.50. The summed E-state index contributed by atoms with van der Waals surface area (Å²) in [5.41, 5.74) is 13.1. The van der Waals surface area contributed by atoms with Crippen LogP contribution in [0.25, 0.3) is 11.6 Å². The molecule has 0 spiro atoms. The predicted molar refractivity (Wildman–Crippen MR) is 140 cm³/mol. The Hall–Kier alpha value is -2.73. The third kappa shape index (κ3) is 5.34. The predicted octanol–water partition coefficient (Wildman–Crippen LogP) is 2.96. The van der Waals surface area contributed by atoms with Crippen molar-refractivity contribution < 1.29 is 4.42 Å². The minimum Gasteiger partial charge on any atom is -0.402 e. The highest BCUT2D eigenvalue weighted by atomic mass is 35.5. The van der Waals surface area contributed by atoms with E-state index in [1.807, 2.05) is 12.3 Å². The molecule has 5 heterocycles. The van der Waals surface area contributed by atoms with Gasteiger partial charge in [-0.1, -0.05) is 41.3 Å². The molecule has 4 N–H and O–H groups in total. The van der Waals surface area contributed by atoms with Crippen LogP contribution in [0.15, 0.2) is 22.7 Å². The Morgan fingerprint density at radius 2 is 1.86 bits per heavy atom. The number of piperidine rings is 1. The van der Waals surface area contributed by atoms with Crippen LogP contribution in [-0.2, 0) is 6.54 Å². The Bertz CT molecular complexity index is 1180. The Morgan fingerprint density at radius 3 is 2.53 bits per heavy atom. The van der Waals surface area contributed by atoms with Crippen LogP contribution in [0.3, 0.4) is 0 Å². The van der Waals surface area contributed by atoms with Crippen LogP contribution in [0.1, 0.15) is 31.7 Å². The second-order valence-corrected chi connectivity index (χ2v) is 10.0. The maximum Gasteiger partial charge on any atom is 0.313 e. The van der Waals surface area contributed by atoms with E-state index < -0.39 is 0 Å². The van der Waals surface area contributed by atoms with Crippen molar-refractivity contribution in [2.75, 3.05) is 49.1 Å². The van der Waals surface area contributed by atoms with E-state index in [0.717, 1.165) is 58.5 Å². The minimum absolute atomic E-state index is 0.0684. The molecule has 0 amide bonds. The van der Waals surface area contributed by atoms with Crippen LogP contribution in [0.4, 0.5) is 17.7 Å². The molecular formula is C23H30Cl2N10O. The Morgan fingerprint density at radius 1 is 1.06 bits per heavy atom. The van der Waals surface area contributed by atoms with E-state index >= 15 is 0 Å². The summed E-state index contributed by atoms with van der Waals surface area (Å²) < 4.78 is 5.23. The Labute approximate surface area is 219 Å². The van der Waals surface area contributed by atoms with Gasteiger partial charge in [0.2, 0.25) is 0 Å². The van der Waals surface area contributed by atoms with Crippen molar-refractivity contribution in [3.05, 3.63) is 34.2 Å². The van der Waals surface area contributed by atoms with E-state index in [1.54, 1.807) is 0 Å². The molecule has 5 rings (SSSR count). The standard InChI is InChI=1S/C23H30Cl2N10O/c1-2-15-13-34(21-19(25)29-18(20(26)30-21)22-31-32-23(27)36-22)9-10-35(15)16-5-7-33(8-6-16)12-14-3-4-17(24)28-11-14/h3-4,11,15-16H,2,5-10,12-13H2,1H3,(H2,26,30)(H2,27,32)/t15-/m0/s1. The average Bonchev–Trinajstić information content (AvgIpc) is 3.32. The number of anilines is 3. The SMILES string of the molecule is CC[C@H]1CN(c2nc(N)c(-c3nnc(N)o3)nc2Cl)CCN1C1CCN(Cc2ccc(Cl)nc2)CC1. The van der Waals surface area contributed by atoms with Crippen LogP contribution in [0.5, 0.6) is 0 Å². The van der Waals surface area contributed by atoms with E-state index in [9.17, 15) is 0 Å². The van der Waals surface area contributed by atoms with E-state index in [4.69, 9.17) is 39.1 Å². The molecule has 0 aliphatic carbocycles. The maximum atomic E-state index is 6.54. The lowest BCUT2D eigenvalue weighted by Gasteiger charge is -2.47. The van der Waals surface area contributed by atoms with Crippen molar-refractivity contribution in [3.63, 3.8) is 0 Å². The van der Waals surface area contributed by atoms with Crippen LogP contribution < -0.4 is 16.4 Å². The molecule has 2 aliphatic heterocycles. The molecule has 2 saturated heterocycles. The molecule has 11 nitrogen and oxygen atoms in total. The van der Waals surface area contributed by atoms with Gasteiger partial charge < -0.3 is 20.8 Å². The van der Waals surface area contributed by atoms with Crippen molar-refractivity contribution in [2.24, 2.45) is 0 Å². The lowest BCUT2D eigenvalue weighted by atomic mass is 9.98. The van der Waals surface area contributed by atoms with Gasteiger partial charge in [0, 0.05) is 44.5 Å². The second kappa shape index (κ2) is 10.7. The highest BCUT2D eigenvalue weighted by Crippen LogP contribution is 2.32. The number of likely N-dealkylation sites (tertiary alicyclic amines) is 1. The molecule has 2 aliphatic rings. The molecule has 0 unspecified atom stereocenters. The van der Waals surface area contributed by atoms with Crippen LogP contribution in [0, 0.1) is 0 Å². The van der Waals surface area contributed by atoms with E-state index in [1.165, 1.54) is 5.56 Å². The third-order valence-electron chi connectivity index (χ3n) is 7.03. The largest absolute Gasteiger partial charge is 0.402 e. The van der Waals surface area contributed by atoms with Gasteiger partial charge in [-0.3, -0.25) is 9.80 Å². The number of nitrogens with two attached hydrogens (primary N) is 2. The van der Waals surface area contributed by atoms with E-state index in [0.29, 0.717) is 23.1 Å². The number of halogens is 2. The summed E-state index contributed by atoms with van der Waals surface area (Å²) in [4.78, 5) is 20.5. The smallest absolute Gasteiger partial charge is 0.313 e. The topological polar surface area (TPSA) is 139 Å². The highest BCUT2D eigenvalue weighted by molar-refractivity contribution is 6.32. The first-order valence-corrected chi connectivity index (χ1v) is 12.9. The number of rotatable bonds is 6. The molecule has 192 valence electrons. The molecule has 0 aromatic carbocycles. The summed E-state index contributed by atoms with van der Waals surface area (Å²) in [6.07, 6.45) is 5.19. The zero-order chi connectivity index (χ0) is 25.2. The molecule has 1 atom stereocenters. The number of hydrogen-bond donors (Lipinski definition) is 2. The summed E-state index contributed by atoms with van der Waals surface area (Å²) in [7, 11) is 0. The van der Waals surface area contributed by atoms with Gasteiger partial charge in [0.25, 0.3) is 5.89 Å². The summed E-state index contributed by atoms with van der Waals surface area (Å²) in [6.45, 7) is 7.83. The summed E-state index contributed by atoms with van der Waals surface area (Å²) in [5, 5.41) is 8.27. The summed E-state index contributed by atoms with van der Waals surface area (Å²) >= 11 is 12.5. The lowest BCUT2D eigenvalue weighted by Crippen LogP contribution is -2.58. The van der Waals surface area contributed by atoms with Gasteiger partial charge in [0.1, 0.15) is 5.15 Å². The van der Waals surface area contributed by atoms with Gasteiger partial charge in [-0.05, 0) is 44.0 Å². The highest BCUT2D eigenvalue weighted by Gasteiger charge is 2.34. The van der Waals surface area contributed by atoms with E-state index in [-0.39, 0.29) is 28.6 Å². The normalized spacial score (nSPS) is 20.2. The fourth-order valence-electron chi connectivity index (χ4n) is 5.18. The first-order chi connectivity index (χ1) is 17.4. The van der Waals surface area contributed by atoms with Gasteiger partial charge in [-0.15, -0.1) is 5.10 Å². The van der Waals surface area contributed by atoms with Crippen molar-refractivity contribution in [2.45, 2.75) is 44.8 Å². The van der Waals surface area contributed by atoms with Gasteiger partial charge in [0.05, 0.1) is 0 Å². The first-order valence-electron chi connectivity index (χ1n) is 12.2. The van der Waals surface area contributed by atoms with Crippen LogP contribution in [-0.4, -0.2) is 79.8 Å². The van der Waals surface area contributed by atoms with Gasteiger partial charge in [-0.25, -0.2) is 15.0 Å². The maximum absolute atomic E-state index is 6.54. The molecule has 13 heteroatoms.